The third-order valence-electron chi connectivity index (χ3n) is 6.91. The molecule has 0 spiro atoms. The second-order valence-corrected chi connectivity index (χ2v) is 10.8. The molecule has 4 rings (SSSR count). The molecule has 1 aromatic rings. The molecule has 0 radical (unpaired) electrons. The average Bonchev–Trinajstić information content (AvgIpc) is 3.61. The van der Waals surface area contributed by atoms with Crippen LogP contribution >= 0.6 is 0 Å². The Kier molecular flexibility index (Phi) is 6.65. The van der Waals surface area contributed by atoms with E-state index in [0.717, 1.165) is 63.5 Å². The molecule has 2 heterocycles. The Bertz CT molecular complexity index is 907. The molecule has 6 nitrogen and oxygen atoms in total. The number of halogens is 2. The lowest BCUT2D eigenvalue weighted by molar-refractivity contribution is -0.141. The van der Waals surface area contributed by atoms with E-state index in [4.69, 9.17) is 0 Å². The molecule has 2 aliphatic heterocycles. The average molecular weight is 456 g/mol. The fourth-order valence-electron chi connectivity index (χ4n) is 4.89. The first-order valence-electron chi connectivity index (χ1n) is 11.3. The summed E-state index contributed by atoms with van der Waals surface area (Å²) in [4.78, 5) is 17.3. The summed E-state index contributed by atoms with van der Waals surface area (Å²) >= 11 is 0. The number of benzene rings is 1. The summed E-state index contributed by atoms with van der Waals surface area (Å²) in [7, 11) is -4.13. The molecule has 2 saturated heterocycles. The Morgan fingerprint density at radius 3 is 2.19 bits per heavy atom. The van der Waals surface area contributed by atoms with Gasteiger partial charge in [0.15, 0.2) is 0 Å². The van der Waals surface area contributed by atoms with E-state index in [1.165, 1.54) is 4.31 Å². The lowest BCUT2D eigenvalue weighted by Crippen LogP contribution is -2.51. The van der Waals surface area contributed by atoms with Crippen molar-refractivity contribution in [3.8, 4) is 0 Å². The number of piperidine rings is 2. The molecule has 9 heteroatoms. The summed E-state index contributed by atoms with van der Waals surface area (Å²) in [5, 5.41) is 0. The van der Waals surface area contributed by atoms with Crippen LogP contribution in [-0.4, -0.2) is 73.2 Å². The Labute approximate surface area is 183 Å². The largest absolute Gasteiger partial charge is 0.336 e. The minimum absolute atomic E-state index is 0.140. The molecule has 1 aliphatic carbocycles. The number of hydrogen-bond donors (Lipinski definition) is 0. The van der Waals surface area contributed by atoms with Crippen LogP contribution in [0.3, 0.4) is 0 Å². The van der Waals surface area contributed by atoms with Crippen LogP contribution in [0.2, 0.25) is 0 Å². The first-order chi connectivity index (χ1) is 14.8. The molecule has 1 saturated carbocycles. The zero-order valence-electron chi connectivity index (χ0n) is 18.0. The Morgan fingerprint density at radius 2 is 1.61 bits per heavy atom. The molecule has 172 valence electrons. The maximum Gasteiger partial charge on any atom is 0.246 e. The smallest absolute Gasteiger partial charge is 0.246 e. The van der Waals surface area contributed by atoms with Gasteiger partial charge >= 0.3 is 0 Å². The van der Waals surface area contributed by atoms with Crippen molar-refractivity contribution in [1.82, 2.24) is 14.1 Å². The van der Waals surface area contributed by atoms with Crippen molar-refractivity contribution in [2.24, 2.45) is 5.92 Å². The second kappa shape index (κ2) is 9.11. The Hall–Kier alpha value is -1.58. The maximum atomic E-state index is 14.0. The van der Waals surface area contributed by atoms with Crippen LogP contribution in [0.1, 0.15) is 45.4 Å². The van der Waals surface area contributed by atoms with Gasteiger partial charge in [-0.05, 0) is 63.3 Å². The number of likely N-dealkylation sites (tertiary alicyclic amines) is 1. The van der Waals surface area contributed by atoms with E-state index in [-0.39, 0.29) is 31.0 Å². The van der Waals surface area contributed by atoms with E-state index < -0.39 is 26.6 Å². The van der Waals surface area contributed by atoms with Gasteiger partial charge in [-0.3, -0.25) is 4.79 Å². The number of carbonyl (C=O) groups is 1. The van der Waals surface area contributed by atoms with Crippen molar-refractivity contribution in [3.05, 3.63) is 29.8 Å². The maximum absolute atomic E-state index is 14.0. The quantitative estimate of drug-likeness (QED) is 0.662. The SMILES string of the molecule is CCN1CCC(N(C(=O)C2CCN(S(=O)(=O)c3cc(F)ccc3F)CC2)C2CC2)CC1. The fourth-order valence-corrected chi connectivity index (χ4v) is 6.44. The molecular weight excluding hydrogens is 424 g/mol. The van der Waals surface area contributed by atoms with Gasteiger partial charge < -0.3 is 9.80 Å². The monoisotopic (exact) mass is 455 g/mol. The normalized spacial score (nSPS) is 22.5. The van der Waals surface area contributed by atoms with Crippen molar-refractivity contribution in [2.75, 3.05) is 32.7 Å². The summed E-state index contributed by atoms with van der Waals surface area (Å²) in [5.74, 6) is -1.82. The van der Waals surface area contributed by atoms with Gasteiger partial charge in [-0.25, -0.2) is 17.2 Å². The van der Waals surface area contributed by atoms with Crippen LogP contribution < -0.4 is 0 Å². The van der Waals surface area contributed by atoms with Crippen molar-refractivity contribution >= 4 is 15.9 Å². The highest BCUT2D eigenvalue weighted by molar-refractivity contribution is 7.89. The predicted octanol–water partition coefficient (Wildman–Crippen LogP) is 2.84. The molecule has 1 aromatic carbocycles. The van der Waals surface area contributed by atoms with Gasteiger partial charge in [0.05, 0.1) is 0 Å². The highest BCUT2D eigenvalue weighted by atomic mass is 32.2. The lowest BCUT2D eigenvalue weighted by Gasteiger charge is -2.41. The number of hydrogen-bond acceptors (Lipinski definition) is 4. The highest BCUT2D eigenvalue weighted by Crippen LogP contribution is 2.35. The number of nitrogens with zero attached hydrogens (tertiary/aromatic N) is 3. The number of rotatable bonds is 6. The molecule has 0 aromatic heterocycles. The molecular formula is C22H31F2N3O3S. The zero-order chi connectivity index (χ0) is 22.2. The minimum Gasteiger partial charge on any atom is -0.336 e. The van der Waals surface area contributed by atoms with Gasteiger partial charge in [0, 0.05) is 44.2 Å². The van der Waals surface area contributed by atoms with Crippen molar-refractivity contribution in [1.29, 1.82) is 0 Å². The van der Waals surface area contributed by atoms with Crippen molar-refractivity contribution in [2.45, 2.75) is 62.4 Å². The lowest BCUT2D eigenvalue weighted by atomic mass is 9.94. The number of carbonyl (C=O) groups excluding carboxylic acids is 1. The van der Waals surface area contributed by atoms with Gasteiger partial charge in [0.2, 0.25) is 15.9 Å². The summed E-state index contributed by atoms with van der Waals surface area (Å²) in [6.07, 6.45) is 4.89. The molecule has 0 N–H and O–H groups in total. The van der Waals surface area contributed by atoms with E-state index in [0.29, 0.717) is 18.9 Å². The molecule has 31 heavy (non-hydrogen) atoms. The van der Waals surface area contributed by atoms with E-state index in [9.17, 15) is 22.0 Å². The molecule has 3 fully saturated rings. The standard InChI is InChI=1S/C22H31F2N3O3S/c1-2-25-11-9-19(10-12-25)27(18-4-5-18)22(28)16-7-13-26(14-8-16)31(29,30)21-15-17(23)3-6-20(21)24/h3,6,15-16,18-19H,2,4-5,7-14H2,1H3. The number of amides is 1. The van der Waals surface area contributed by atoms with Crippen molar-refractivity contribution < 1.29 is 22.0 Å². The van der Waals surface area contributed by atoms with E-state index in [2.05, 4.69) is 16.7 Å². The molecule has 3 aliphatic rings. The molecule has 0 atom stereocenters. The summed E-state index contributed by atoms with van der Waals surface area (Å²) in [6, 6.07) is 3.05. The third-order valence-corrected chi connectivity index (χ3v) is 8.82. The van der Waals surface area contributed by atoms with Gasteiger partial charge in [0.25, 0.3) is 0 Å². The van der Waals surface area contributed by atoms with E-state index >= 15 is 0 Å². The predicted molar refractivity (Wildman–Crippen MR) is 113 cm³/mol. The van der Waals surface area contributed by atoms with Gasteiger partial charge in [0.1, 0.15) is 16.5 Å². The highest BCUT2D eigenvalue weighted by Gasteiger charge is 2.42. The summed E-state index contributed by atoms with van der Waals surface area (Å²) in [5.41, 5.74) is 0. The first-order valence-corrected chi connectivity index (χ1v) is 12.7. The molecule has 0 unspecified atom stereocenters. The Balaban J connectivity index is 1.40. The number of sulfonamides is 1. The first kappa shape index (κ1) is 22.6. The van der Waals surface area contributed by atoms with E-state index in [1.807, 2.05) is 0 Å². The van der Waals surface area contributed by atoms with Crippen LogP contribution in [0.5, 0.6) is 0 Å². The van der Waals surface area contributed by atoms with Crippen LogP contribution in [0, 0.1) is 17.6 Å². The van der Waals surface area contributed by atoms with Crippen LogP contribution in [0.15, 0.2) is 23.1 Å². The zero-order valence-corrected chi connectivity index (χ0v) is 18.8. The summed E-state index contributed by atoms with van der Waals surface area (Å²) in [6.45, 7) is 5.48. The van der Waals surface area contributed by atoms with Gasteiger partial charge in [-0.1, -0.05) is 6.92 Å². The molecule has 1 amide bonds. The van der Waals surface area contributed by atoms with Crippen molar-refractivity contribution in [3.63, 3.8) is 0 Å². The topological polar surface area (TPSA) is 60.9 Å². The van der Waals surface area contributed by atoms with E-state index in [1.54, 1.807) is 0 Å². The second-order valence-electron chi connectivity index (χ2n) is 8.90. The van der Waals surface area contributed by atoms with Crippen LogP contribution in [0.25, 0.3) is 0 Å². The van der Waals surface area contributed by atoms with Crippen LogP contribution in [0.4, 0.5) is 8.78 Å². The fraction of sp³-hybridized carbons (Fsp3) is 0.682. The Morgan fingerprint density at radius 1 is 1.00 bits per heavy atom. The van der Waals surface area contributed by atoms with Crippen LogP contribution in [-0.2, 0) is 14.8 Å². The minimum atomic E-state index is -4.13. The van der Waals surface area contributed by atoms with Gasteiger partial charge in [-0.2, -0.15) is 4.31 Å². The third kappa shape index (κ3) is 4.78. The van der Waals surface area contributed by atoms with Gasteiger partial charge in [-0.15, -0.1) is 0 Å². The molecule has 0 bridgehead atoms. The summed E-state index contributed by atoms with van der Waals surface area (Å²) < 4.78 is 54.4.